The molecular formula is C27H24Cl2N4O2S. The van der Waals surface area contributed by atoms with Gasteiger partial charge in [-0.1, -0.05) is 55.6 Å². The van der Waals surface area contributed by atoms with Gasteiger partial charge >= 0.3 is 0 Å². The van der Waals surface area contributed by atoms with Crippen LogP contribution < -0.4 is 14.2 Å². The summed E-state index contributed by atoms with van der Waals surface area (Å²) in [6.07, 6.45) is 3.67. The van der Waals surface area contributed by atoms with Crippen LogP contribution >= 0.6 is 35.1 Å². The van der Waals surface area contributed by atoms with E-state index >= 15 is 0 Å². The van der Waals surface area contributed by atoms with E-state index in [2.05, 4.69) is 34.6 Å². The van der Waals surface area contributed by atoms with E-state index in [4.69, 9.17) is 32.7 Å². The van der Waals surface area contributed by atoms with Gasteiger partial charge in [-0.3, -0.25) is 4.72 Å². The Balaban J connectivity index is 1.59. The van der Waals surface area contributed by atoms with E-state index < -0.39 is 5.41 Å². The molecule has 1 N–H and O–H groups in total. The highest BCUT2D eigenvalue weighted by atomic mass is 35.5. The van der Waals surface area contributed by atoms with Gasteiger partial charge in [-0.15, -0.1) is 11.6 Å². The van der Waals surface area contributed by atoms with Crippen molar-refractivity contribution in [3.05, 3.63) is 82.5 Å². The summed E-state index contributed by atoms with van der Waals surface area (Å²) in [4.78, 5) is 8.87. The molecule has 184 valence electrons. The maximum absolute atomic E-state index is 9.65. The maximum atomic E-state index is 9.65. The van der Waals surface area contributed by atoms with E-state index in [0.29, 0.717) is 39.7 Å². The van der Waals surface area contributed by atoms with Crippen molar-refractivity contribution in [1.29, 1.82) is 5.26 Å². The lowest BCUT2D eigenvalue weighted by Crippen LogP contribution is -2.19. The number of alkyl halides is 1. The summed E-state index contributed by atoms with van der Waals surface area (Å²) in [5.74, 6) is 2.59. The number of hydrogen-bond donors (Lipinski definition) is 1. The monoisotopic (exact) mass is 538 g/mol. The summed E-state index contributed by atoms with van der Waals surface area (Å²) >= 11 is 13.6. The highest BCUT2D eigenvalue weighted by Crippen LogP contribution is 2.39. The Morgan fingerprint density at radius 3 is 2.58 bits per heavy atom. The number of nitrogens with one attached hydrogen (secondary N) is 1. The maximum Gasteiger partial charge on any atom is 0.233 e. The van der Waals surface area contributed by atoms with E-state index in [1.165, 1.54) is 11.9 Å². The zero-order valence-electron chi connectivity index (χ0n) is 20.0. The number of fused-ring (bicyclic) bond motifs is 1. The molecule has 4 aromatic rings. The Labute approximate surface area is 224 Å². The molecule has 1 aromatic heterocycles. The summed E-state index contributed by atoms with van der Waals surface area (Å²) in [6.45, 7) is 4.44. The van der Waals surface area contributed by atoms with E-state index in [1.54, 1.807) is 6.20 Å². The topological polar surface area (TPSA) is 80.1 Å². The highest BCUT2D eigenvalue weighted by molar-refractivity contribution is 7.99. The normalized spacial score (nSPS) is 11.2. The number of aromatic nitrogens is 2. The molecule has 0 atom stereocenters. The van der Waals surface area contributed by atoms with Crippen molar-refractivity contribution in [3.8, 4) is 23.3 Å². The molecule has 3 aromatic carbocycles. The lowest BCUT2D eigenvalue weighted by Gasteiger charge is -2.27. The van der Waals surface area contributed by atoms with Crippen molar-refractivity contribution < 1.29 is 9.47 Å². The molecule has 1 heterocycles. The van der Waals surface area contributed by atoms with Crippen LogP contribution in [0.1, 0.15) is 30.5 Å². The van der Waals surface area contributed by atoms with Crippen LogP contribution in [0.2, 0.25) is 5.02 Å². The third-order valence-corrected chi connectivity index (χ3v) is 6.61. The molecule has 9 heteroatoms. The molecule has 0 amide bonds. The largest absolute Gasteiger partial charge is 0.489 e. The Kier molecular flexibility index (Phi) is 8.10. The predicted molar refractivity (Wildman–Crippen MR) is 148 cm³/mol. The molecule has 0 saturated heterocycles. The van der Waals surface area contributed by atoms with Crippen LogP contribution in [0.4, 0.5) is 5.95 Å². The van der Waals surface area contributed by atoms with Crippen LogP contribution in [0, 0.1) is 11.3 Å². The molecule has 0 radical (unpaired) electrons. The summed E-state index contributed by atoms with van der Waals surface area (Å²) in [6, 6.07) is 19.4. The summed E-state index contributed by atoms with van der Waals surface area (Å²) in [7, 11) is 0. The van der Waals surface area contributed by atoms with Crippen molar-refractivity contribution >= 4 is 52.0 Å². The zero-order valence-corrected chi connectivity index (χ0v) is 22.3. The predicted octanol–water partition coefficient (Wildman–Crippen LogP) is 7.58. The van der Waals surface area contributed by atoms with Gasteiger partial charge in [-0.25, -0.2) is 9.97 Å². The zero-order chi connectivity index (χ0) is 25.7. The summed E-state index contributed by atoms with van der Waals surface area (Å²) < 4.78 is 14.8. The lowest BCUT2D eigenvalue weighted by atomic mass is 9.77. The highest BCUT2D eigenvalue weighted by Gasteiger charge is 2.26. The average Bonchev–Trinajstić information content (AvgIpc) is 2.88. The van der Waals surface area contributed by atoms with Crippen molar-refractivity contribution in [2.24, 2.45) is 0 Å². The molecule has 0 unspecified atom stereocenters. The van der Waals surface area contributed by atoms with E-state index in [1.807, 2.05) is 60.9 Å². The van der Waals surface area contributed by atoms with Gasteiger partial charge in [0.05, 0.1) is 27.4 Å². The third-order valence-electron chi connectivity index (χ3n) is 5.79. The first kappa shape index (κ1) is 25.9. The molecule has 6 nitrogen and oxygen atoms in total. The van der Waals surface area contributed by atoms with Gasteiger partial charge in [0.2, 0.25) is 5.95 Å². The first-order chi connectivity index (χ1) is 17.4. The van der Waals surface area contributed by atoms with Crippen LogP contribution in [0.25, 0.3) is 10.9 Å². The Morgan fingerprint density at radius 1 is 1.11 bits per heavy atom. The van der Waals surface area contributed by atoms with Crippen molar-refractivity contribution in [2.75, 3.05) is 23.5 Å². The van der Waals surface area contributed by atoms with Gasteiger partial charge in [0.1, 0.15) is 24.2 Å². The van der Waals surface area contributed by atoms with E-state index in [0.717, 1.165) is 22.0 Å². The summed E-state index contributed by atoms with van der Waals surface area (Å²) in [5, 5.41) is 10.9. The Morgan fingerprint density at radius 2 is 1.89 bits per heavy atom. The van der Waals surface area contributed by atoms with Crippen LogP contribution in [-0.4, -0.2) is 28.7 Å². The number of nitriles is 1. The number of ether oxygens (including phenoxy) is 2. The SMILES string of the molecule is CSNc1ncc2c(Oc3ccc(C(C)(C)c4cc(Cl)c(OCCCl)c(C#N)c4)cc3)cccc2n1. The molecule has 36 heavy (non-hydrogen) atoms. The molecule has 0 saturated carbocycles. The van der Waals surface area contributed by atoms with Crippen LogP contribution in [0.15, 0.2) is 60.8 Å². The van der Waals surface area contributed by atoms with Gasteiger partial charge in [0.25, 0.3) is 0 Å². The molecule has 0 fully saturated rings. The second-order valence-electron chi connectivity index (χ2n) is 8.42. The second-order valence-corrected chi connectivity index (χ2v) is 9.82. The third kappa shape index (κ3) is 5.46. The minimum Gasteiger partial charge on any atom is -0.489 e. The van der Waals surface area contributed by atoms with Crippen LogP contribution in [-0.2, 0) is 5.41 Å². The smallest absolute Gasteiger partial charge is 0.233 e. The first-order valence-electron chi connectivity index (χ1n) is 11.1. The van der Waals surface area contributed by atoms with Crippen LogP contribution in [0.5, 0.6) is 17.2 Å². The van der Waals surface area contributed by atoms with Crippen molar-refractivity contribution in [2.45, 2.75) is 19.3 Å². The molecular weight excluding hydrogens is 515 g/mol. The number of hydrogen-bond acceptors (Lipinski definition) is 7. The second kappa shape index (κ2) is 11.3. The fraction of sp³-hybridized carbons (Fsp3) is 0.222. The van der Waals surface area contributed by atoms with Gasteiger partial charge in [-0.05, 0) is 47.5 Å². The lowest BCUT2D eigenvalue weighted by molar-refractivity contribution is 0.341. The minimum atomic E-state index is -0.424. The molecule has 0 aliphatic carbocycles. The quantitative estimate of drug-likeness (QED) is 0.173. The molecule has 0 bridgehead atoms. The Hall–Kier alpha value is -3.18. The number of halogens is 2. The molecule has 0 spiro atoms. The van der Waals surface area contributed by atoms with E-state index in [9.17, 15) is 5.26 Å². The number of anilines is 1. The Bertz CT molecular complexity index is 1420. The number of rotatable bonds is 9. The molecule has 0 aliphatic heterocycles. The van der Waals surface area contributed by atoms with Crippen molar-refractivity contribution in [1.82, 2.24) is 9.97 Å². The van der Waals surface area contributed by atoms with Gasteiger partial charge in [-0.2, -0.15) is 5.26 Å². The molecule has 4 rings (SSSR count). The van der Waals surface area contributed by atoms with Gasteiger partial charge in [0.15, 0.2) is 5.75 Å². The fourth-order valence-electron chi connectivity index (χ4n) is 3.82. The van der Waals surface area contributed by atoms with E-state index in [-0.39, 0.29) is 6.61 Å². The summed E-state index contributed by atoms with van der Waals surface area (Å²) in [5.41, 5.74) is 2.69. The number of nitrogens with zero attached hydrogens (tertiary/aromatic N) is 3. The fourth-order valence-corrected chi connectivity index (χ4v) is 4.45. The first-order valence-corrected chi connectivity index (χ1v) is 13.3. The molecule has 0 aliphatic rings. The van der Waals surface area contributed by atoms with Crippen molar-refractivity contribution in [3.63, 3.8) is 0 Å². The van der Waals surface area contributed by atoms with Gasteiger partial charge in [0, 0.05) is 17.9 Å². The van der Waals surface area contributed by atoms with Gasteiger partial charge < -0.3 is 9.47 Å². The van der Waals surface area contributed by atoms with Crippen LogP contribution in [0.3, 0.4) is 0 Å². The minimum absolute atomic E-state index is 0.277. The average molecular weight is 539 g/mol. The number of benzene rings is 3. The standard InChI is InChI=1S/C27H24Cl2N4O2S/c1-27(2,19-13-17(15-30)25(22(29)14-19)34-12-11-28)18-7-9-20(10-8-18)35-24-6-4-5-23-21(24)16-31-26(32-23)33-36-3/h4-10,13-14,16H,11-12H2,1-3H3,(H,31,32,33).